The lowest BCUT2D eigenvalue weighted by Crippen LogP contribution is -2.40. The van der Waals surface area contributed by atoms with E-state index in [4.69, 9.17) is 16.3 Å². The summed E-state index contributed by atoms with van der Waals surface area (Å²) in [5, 5.41) is 3.51. The largest absolute Gasteiger partial charge is 0.492 e. The molecule has 5 heteroatoms. The smallest absolute Gasteiger partial charge is 0.322 e. The maximum atomic E-state index is 12.2. The summed E-state index contributed by atoms with van der Waals surface area (Å²) in [6.45, 7) is 1.58. The summed E-state index contributed by atoms with van der Waals surface area (Å²) < 4.78 is 5.55. The maximum Gasteiger partial charge on any atom is 0.322 e. The van der Waals surface area contributed by atoms with E-state index in [0.717, 1.165) is 18.7 Å². The van der Waals surface area contributed by atoms with Gasteiger partial charge in [0.15, 0.2) is 0 Å². The summed E-state index contributed by atoms with van der Waals surface area (Å²) in [5.41, 5.74) is 2.21. The van der Waals surface area contributed by atoms with Gasteiger partial charge in [0.1, 0.15) is 12.4 Å². The molecule has 0 radical (unpaired) electrons. The molecule has 1 aliphatic heterocycles. The average Bonchev–Trinajstić information content (AvgIpc) is 2.95. The number of urea groups is 1. The number of fused-ring (bicyclic) bond motifs is 1. The fraction of sp³-hybridized carbons (Fsp3) is 0.235. The molecule has 0 spiro atoms. The van der Waals surface area contributed by atoms with E-state index < -0.39 is 0 Å². The Labute approximate surface area is 134 Å². The fourth-order valence-electron chi connectivity index (χ4n) is 2.53. The molecule has 4 nitrogen and oxygen atoms in total. The second kappa shape index (κ2) is 6.71. The van der Waals surface area contributed by atoms with Crippen LogP contribution in [-0.4, -0.2) is 25.7 Å². The minimum absolute atomic E-state index is 0.0837. The van der Waals surface area contributed by atoms with Crippen LogP contribution in [0.5, 0.6) is 5.75 Å². The lowest BCUT2D eigenvalue weighted by atomic mass is 10.2. The van der Waals surface area contributed by atoms with Gasteiger partial charge >= 0.3 is 6.03 Å². The van der Waals surface area contributed by atoms with Crippen LogP contribution >= 0.6 is 11.6 Å². The molecule has 0 aromatic heterocycles. The summed E-state index contributed by atoms with van der Waals surface area (Å²) >= 11 is 5.89. The van der Waals surface area contributed by atoms with Crippen molar-refractivity contribution in [3.05, 3.63) is 59.1 Å². The molecule has 0 unspecified atom stereocenters. The van der Waals surface area contributed by atoms with E-state index in [2.05, 4.69) is 11.4 Å². The highest BCUT2D eigenvalue weighted by Crippen LogP contribution is 2.27. The highest BCUT2D eigenvalue weighted by Gasteiger charge is 2.23. The van der Waals surface area contributed by atoms with Gasteiger partial charge in [-0.2, -0.15) is 0 Å². The Balaban J connectivity index is 1.47. The van der Waals surface area contributed by atoms with Crippen LogP contribution in [0.2, 0.25) is 5.02 Å². The molecule has 2 aromatic carbocycles. The van der Waals surface area contributed by atoms with Crippen molar-refractivity contribution in [1.82, 2.24) is 5.32 Å². The first-order chi connectivity index (χ1) is 10.7. The lowest BCUT2D eigenvalue weighted by molar-refractivity contribution is 0.242. The number of hydrogen-bond donors (Lipinski definition) is 1. The van der Waals surface area contributed by atoms with Crippen LogP contribution < -0.4 is 15.0 Å². The summed E-state index contributed by atoms with van der Waals surface area (Å²) in [6, 6.07) is 15.1. The normalized spacial score (nSPS) is 12.9. The highest BCUT2D eigenvalue weighted by molar-refractivity contribution is 6.30. The topological polar surface area (TPSA) is 41.6 Å². The number of rotatable bonds is 4. The first-order valence-corrected chi connectivity index (χ1v) is 7.63. The molecular formula is C17H17ClN2O2. The molecule has 2 aromatic rings. The number of para-hydroxylation sites is 1. The number of anilines is 1. The second-order valence-electron chi connectivity index (χ2n) is 5.07. The van der Waals surface area contributed by atoms with Crippen LogP contribution in [0.25, 0.3) is 0 Å². The Bertz CT molecular complexity index is 675. The number of amides is 2. The molecule has 1 aliphatic rings. The molecule has 0 atom stereocenters. The minimum atomic E-state index is -0.0837. The van der Waals surface area contributed by atoms with Gasteiger partial charge in [0.25, 0.3) is 0 Å². The van der Waals surface area contributed by atoms with Gasteiger partial charge in [-0.05, 0) is 36.2 Å². The van der Waals surface area contributed by atoms with E-state index in [1.807, 2.05) is 30.3 Å². The van der Waals surface area contributed by atoms with Crippen molar-refractivity contribution in [3.63, 3.8) is 0 Å². The molecule has 0 bridgehead atoms. The average molecular weight is 317 g/mol. The number of benzene rings is 2. The third kappa shape index (κ3) is 3.34. The molecule has 114 valence electrons. The first-order valence-electron chi connectivity index (χ1n) is 7.26. The van der Waals surface area contributed by atoms with Crippen LogP contribution in [0.4, 0.5) is 10.5 Å². The summed E-state index contributed by atoms with van der Waals surface area (Å²) in [7, 11) is 0. The number of nitrogens with zero attached hydrogens (tertiary/aromatic N) is 1. The van der Waals surface area contributed by atoms with Gasteiger partial charge in [-0.1, -0.05) is 35.9 Å². The van der Waals surface area contributed by atoms with Gasteiger partial charge in [-0.25, -0.2) is 4.79 Å². The second-order valence-corrected chi connectivity index (χ2v) is 5.50. The van der Waals surface area contributed by atoms with E-state index in [1.54, 1.807) is 17.0 Å². The van der Waals surface area contributed by atoms with Crippen molar-refractivity contribution in [2.24, 2.45) is 0 Å². The Morgan fingerprint density at radius 3 is 2.95 bits per heavy atom. The fourth-order valence-corrected chi connectivity index (χ4v) is 2.71. The number of hydrogen-bond acceptors (Lipinski definition) is 2. The number of carbonyl (C=O) groups excluding carboxylic acids is 1. The maximum absolute atomic E-state index is 12.2. The van der Waals surface area contributed by atoms with Crippen LogP contribution in [-0.2, 0) is 6.42 Å². The molecule has 0 fully saturated rings. The first kappa shape index (κ1) is 14.7. The third-order valence-electron chi connectivity index (χ3n) is 3.58. The zero-order chi connectivity index (χ0) is 15.4. The molecule has 0 saturated heterocycles. The monoisotopic (exact) mass is 316 g/mol. The SMILES string of the molecule is O=C(NCCOc1cccc(Cl)c1)N1CCc2ccccc21. The molecular weight excluding hydrogens is 300 g/mol. The van der Waals surface area contributed by atoms with Gasteiger partial charge in [0, 0.05) is 17.3 Å². The predicted octanol–water partition coefficient (Wildman–Crippen LogP) is 3.49. The zero-order valence-electron chi connectivity index (χ0n) is 12.1. The van der Waals surface area contributed by atoms with Crippen molar-refractivity contribution in [2.45, 2.75) is 6.42 Å². The molecule has 1 heterocycles. The van der Waals surface area contributed by atoms with Crippen LogP contribution in [0, 0.1) is 0 Å². The van der Waals surface area contributed by atoms with E-state index in [-0.39, 0.29) is 6.03 Å². The van der Waals surface area contributed by atoms with Crippen molar-refractivity contribution in [3.8, 4) is 5.75 Å². The Morgan fingerprint density at radius 2 is 2.09 bits per heavy atom. The minimum Gasteiger partial charge on any atom is -0.492 e. The van der Waals surface area contributed by atoms with Crippen LogP contribution in [0.3, 0.4) is 0 Å². The van der Waals surface area contributed by atoms with Crippen molar-refractivity contribution < 1.29 is 9.53 Å². The van der Waals surface area contributed by atoms with Gasteiger partial charge < -0.3 is 10.1 Å². The van der Waals surface area contributed by atoms with Crippen LogP contribution in [0.1, 0.15) is 5.56 Å². The number of halogens is 1. The van der Waals surface area contributed by atoms with E-state index in [9.17, 15) is 4.79 Å². The third-order valence-corrected chi connectivity index (χ3v) is 3.81. The molecule has 22 heavy (non-hydrogen) atoms. The van der Waals surface area contributed by atoms with Gasteiger partial charge in [0.2, 0.25) is 0 Å². The number of nitrogens with one attached hydrogen (secondary N) is 1. The molecule has 2 amide bonds. The molecule has 0 saturated carbocycles. The quantitative estimate of drug-likeness (QED) is 0.877. The standard InChI is InChI=1S/C17H17ClN2O2/c18-14-5-3-6-15(12-14)22-11-9-19-17(21)20-10-8-13-4-1-2-7-16(13)20/h1-7,12H,8-11H2,(H,19,21). The number of carbonyl (C=O) groups is 1. The van der Waals surface area contributed by atoms with Crippen LogP contribution in [0.15, 0.2) is 48.5 Å². The zero-order valence-corrected chi connectivity index (χ0v) is 12.8. The summed E-state index contributed by atoms with van der Waals surface area (Å²) in [6.07, 6.45) is 0.905. The molecule has 0 aliphatic carbocycles. The number of ether oxygens (including phenoxy) is 1. The molecule has 1 N–H and O–H groups in total. The van der Waals surface area contributed by atoms with Crippen molar-refractivity contribution in [1.29, 1.82) is 0 Å². The summed E-state index contributed by atoms with van der Waals surface area (Å²) in [5.74, 6) is 0.702. The summed E-state index contributed by atoms with van der Waals surface area (Å²) in [4.78, 5) is 14.0. The van der Waals surface area contributed by atoms with Crippen molar-refractivity contribution >= 4 is 23.3 Å². The van der Waals surface area contributed by atoms with Crippen molar-refractivity contribution in [2.75, 3.05) is 24.6 Å². The Hall–Kier alpha value is -2.20. The molecule has 3 rings (SSSR count). The highest BCUT2D eigenvalue weighted by atomic mass is 35.5. The van der Waals surface area contributed by atoms with Gasteiger partial charge in [-0.15, -0.1) is 0 Å². The predicted molar refractivity (Wildman–Crippen MR) is 87.8 cm³/mol. The Kier molecular flexibility index (Phi) is 4.49. The van der Waals surface area contributed by atoms with Gasteiger partial charge in [0.05, 0.1) is 6.54 Å². The van der Waals surface area contributed by atoms with E-state index >= 15 is 0 Å². The lowest BCUT2D eigenvalue weighted by Gasteiger charge is -2.18. The van der Waals surface area contributed by atoms with Gasteiger partial charge in [-0.3, -0.25) is 4.90 Å². The van der Waals surface area contributed by atoms with E-state index in [1.165, 1.54) is 5.56 Å². The Morgan fingerprint density at radius 1 is 1.23 bits per heavy atom. The van der Waals surface area contributed by atoms with E-state index in [0.29, 0.717) is 23.9 Å².